The summed E-state index contributed by atoms with van der Waals surface area (Å²) in [7, 11) is 0. The van der Waals surface area contributed by atoms with Crippen molar-refractivity contribution in [1.29, 1.82) is 0 Å². The first-order chi connectivity index (χ1) is 11.5. The van der Waals surface area contributed by atoms with Crippen LogP contribution < -0.4 is 10.6 Å². The molecule has 5 nitrogen and oxygen atoms in total. The Balaban J connectivity index is 1.86. The Kier molecular flexibility index (Phi) is 6.85. The molecule has 0 aliphatic rings. The van der Waals surface area contributed by atoms with Crippen molar-refractivity contribution in [3.05, 3.63) is 39.3 Å². The zero-order valence-corrected chi connectivity index (χ0v) is 16.2. The number of guanidine groups is 1. The largest absolute Gasteiger partial charge is 0.357 e. The van der Waals surface area contributed by atoms with Crippen LogP contribution >= 0.6 is 11.3 Å². The molecule has 2 rings (SSSR count). The van der Waals surface area contributed by atoms with Crippen LogP contribution in [0.2, 0.25) is 0 Å². The lowest BCUT2D eigenvalue weighted by Crippen LogP contribution is -2.40. The van der Waals surface area contributed by atoms with Gasteiger partial charge in [0.2, 0.25) is 0 Å². The van der Waals surface area contributed by atoms with Gasteiger partial charge in [-0.2, -0.15) is 5.10 Å². The van der Waals surface area contributed by atoms with Gasteiger partial charge in [-0.25, -0.2) is 4.99 Å². The van der Waals surface area contributed by atoms with Crippen LogP contribution in [0.5, 0.6) is 0 Å². The molecule has 0 saturated heterocycles. The van der Waals surface area contributed by atoms with E-state index >= 15 is 0 Å². The number of hydrogen-bond donors (Lipinski definition) is 2. The molecule has 0 amide bonds. The molecule has 6 heteroatoms. The Labute approximate surface area is 149 Å². The van der Waals surface area contributed by atoms with Crippen LogP contribution in [0.1, 0.15) is 35.0 Å². The first-order valence-electron chi connectivity index (χ1n) is 8.56. The van der Waals surface area contributed by atoms with Crippen molar-refractivity contribution in [2.24, 2.45) is 10.9 Å². The summed E-state index contributed by atoms with van der Waals surface area (Å²) in [5.74, 6) is 1.35. The van der Waals surface area contributed by atoms with E-state index in [-0.39, 0.29) is 0 Å². The third-order valence-electron chi connectivity index (χ3n) is 3.74. The zero-order valence-electron chi connectivity index (χ0n) is 15.4. The molecule has 0 saturated carbocycles. The number of aromatic nitrogens is 2. The lowest BCUT2D eigenvalue weighted by atomic mass is 10.2. The van der Waals surface area contributed by atoms with Gasteiger partial charge in [-0.15, -0.1) is 11.3 Å². The van der Waals surface area contributed by atoms with Gasteiger partial charge in [-0.3, -0.25) is 4.68 Å². The Morgan fingerprint density at radius 1 is 1.29 bits per heavy atom. The van der Waals surface area contributed by atoms with Crippen LogP contribution in [0.15, 0.2) is 23.2 Å². The monoisotopic (exact) mass is 347 g/mol. The highest BCUT2D eigenvalue weighted by molar-refractivity contribution is 7.11. The second-order valence-corrected chi connectivity index (χ2v) is 7.68. The van der Waals surface area contributed by atoms with Crippen LogP contribution in [-0.2, 0) is 13.1 Å². The average Bonchev–Trinajstić information content (AvgIpc) is 3.07. The van der Waals surface area contributed by atoms with E-state index in [9.17, 15) is 0 Å². The molecule has 132 valence electrons. The van der Waals surface area contributed by atoms with Crippen molar-refractivity contribution >= 4 is 17.3 Å². The summed E-state index contributed by atoms with van der Waals surface area (Å²) in [6.07, 6.45) is 0. The standard InChI is InChI=1S/C18H29N5S/c1-6-19-18(21-11-17-8-7-16(5)24-17)20-10-13(2)12-23-15(4)9-14(3)22-23/h7-9,13H,6,10-12H2,1-5H3,(H2,19,20,21). The fourth-order valence-corrected chi connectivity index (χ4v) is 3.37. The minimum Gasteiger partial charge on any atom is -0.357 e. The van der Waals surface area contributed by atoms with Crippen LogP contribution in [0.3, 0.4) is 0 Å². The summed E-state index contributed by atoms with van der Waals surface area (Å²) in [5.41, 5.74) is 2.29. The Hall–Kier alpha value is -1.82. The summed E-state index contributed by atoms with van der Waals surface area (Å²) in [6, 6.07) is 6.42. The molecule has 2 heterocycles. The molecule has 2 aromatic rings. The fourth-order valence-electron chi connectivity index (χ4n) is 2.56. The minimum absolute atomic E-state index is 0.468. The molecule has 0 aliphatic carbocycles. The van der Waals surface area contributed by atoms with E-state index in [0.29, 0.717) is 5.92 Å². The number of nitrogens with one attached hydrogen (secondary N) is 2. The van der Waals surface area contributed by atoms with Crippen LogP contribution in [-0.4, -0.2) is 28.8 Å². The van der Waals surface area contributed by atoms with Crippen molar-refractivity contribution in [2.45, 2.75) is 47.7 Å². The average molecular weight is 348 g/mol. The molecule has 2 aromatic heterocycles. The third-order valence-corrected chi connectivity index (χ3v) is 4.72. The summed E-state index contributed by atoms with van der Waals surface area (Å²) < 4.78 is 2.08. The first kappa shape index (κ1) is 18.5. The van der Waals surface area contributed by atoms with Crippen LogP contribution in [0, 0.1) is 26.7 Å². The number of hydrogen-bond acceptors (Lipinski definition) is 3. The quantitative estimate of drug-likeness (QED) is 0.597. The SMILES string of the molecule is CCNC(=NCc1ccc(C)s1)NCC(C)Cn1nc(C)cc1C. The Morgan fingerprint density at radius 3 is 2.67 bits per heavy atom. The van der Waals surface area contributed by atoms with Gasteiger partial charge in [0, 0.05) is 35.1 Å². The van der Waals surface area contributed by atoms with E-state index in [4.69, 9.17) is 0 Å². The molecule has 0 spiro atoms. The third kappa shape index (κ3) is 5.67. The lowest BCUT2D eigenvalue weighted by Gasteiger charge is -2.16. The number of thiophene rings is 1. The molecule has 1 unspecified atom stereocenters. The predicted molar refractivity (Wildman–Crippen MR) is 103 cm³/mol. The second kappa shape index (κ2) is 8.87. The molecule has 0 fully saturated rings. The highest BCUT2D eigenvalue weighted by atomic mass is 32.1. The molecule has 0 bridgehead atoms. The van der Waals surface area contributed by atoms with Crippen LogP contribution in [0.4, 0.5) is 0 Å². The topological polar surface area (TPSA) is 54.2 Å². The molecule has 0 aromatic carbocycles. The minimum atomic E-state index is 0.468. The van der Waals surface area contributed by atoms with Gasteiger partial charge in [-0.1, -0.05) is 6.92 Å². The first-order valence-corrected chi connectivity index (χ1v) is 9.38. The van der Waals surface area contributed by atoms with Gasteiger partial charge in [0.1, 0.15) is 0 Å². The van der Waals surface area contributed by atoms with Crippen molar-refractivity contribution in [1.82, 2.24) is 20.4 Å². The van der Waals surface area contributed by atoms with E-state index in [1.54, 1.807) is 11.3 Å². The molecule has 0 radical (unpaired) electrons. The second-order valence-electron chi connectivity index (χ2n) is 6.30. The summed E-state index contributed by atoms with van der Waals surface area (Å²) >= 11 is 1.80. The maximum absolute atomic E-state index is 4.68. The van der Waals surface area contributed by atoms with Gasteiger partial charge in [0.25, 0.3) is 0 Å². The van der Waals surface area contributed by atoms with E-state index in [1.807, 2.05) is 6.92 Å². The normalized spacial score (nSPS) is 13.1. The van der Waals surface area contributed by atoms with Crippen LogP contribution in [0.25, 0.3) is 0 Å². The van der Waals surface area contributed by atoms with Gasteiger partial charge >= 0.3 is 0 Å². The van der Waals surface area contributed by atoms with Crippen molar-refractivity contribution < 1.29 is 0 Å². The number of aliphatic imine (C=N–C) groups is 1. The van der Waals surface area contributed by atoms with Gasteiger partial charge in [0.15, 0.2) is 5.96 Å². The number of rotatable bonds is 7. The van der Waals surface area contributed by atoms with E-state index in [2.05, 4.69) is 71.3 Å². The van der Waals surface area contributed by atoms with Gasteiger partial charge < -0.3 is 10.6 Å². The maximum Gasteiger partial charge on any atom is 0.191 e. The lowest BCUT2D eigenvalue weighted by molar-refractivity contribution is 0.436. The molecular formula is C18H29N5S. The molecule has 2 N–H and O–H groups in total. The maximum atomic E-state index is 4.68. The van der Waals surface area contributed by atoms with Crippen molar-refractivity contribution in [2.75, 3.05) is 13.1 Å². The van der Waals surface area contributed by atoms with Gasteiger partial charge in [-0.05, 0) is 51.8 Å². The highest BCUT2D eigenvalue weighted by Gasteiger charge is 2.08. The van der Waals surface area contributed by atoms with E-state index in [1.165, 1.54) is 15.4 Å². The molecule has 24 heavy (non-hydrogen) atoms. The molecule has 1 atom stereocenters. The smallest absolute Gasteiger partial charge is 0.191 e. The molecule has 0 aliphatic heterocycles. The highest BCUT2D eigenvalue weighted by Crippen LogP contribution is 2.15. The number of aryl methyl sites for hydroxylation is 3. The van der Waals surface area contributed by atoms with E-state index in [0.717, 1.165) is 37.8 Å². The van der Waals surface area contributed by atoms with Crippen molar-refractivity contribution in [3.63, 3.8) is 0 Å². The Bertz CT molecular complexity index is 671. The Morgan fingerprint density at radius 2 is 2.08 bits per heavy atom. The van der Waals surface area contributed by atoms with E-state index < -0.39 is 0 Å². The van der Waals surface area contributed by atoms with Crippen molar-refractivity contribution in [3.8, 4) is 0 Å². The van der Waals surface area contributed by atoms with Gasteiger partial charge in [0.05, 0.1) is 12.2 Å². The molecular weight excluding hydrogens is 318 g/mol. The summed E-state index contributed by atoms with van der Waals surface area (Å²) in [4.78, 5) is 7.30. The zero-order chi connectivity index (χ0) is 17.5. The fraction of sp³-hybridized carbons (Fsp3) is 0.556. The predicted octanol–water partition coefficient (Wildman–Crippen LogP) is 3.26. The number of nitrogens with zero attached hydrogens (tertiary/aromatic N) is 3. The summed E-state index contributed by atoms with van der Waals surface area (Å²) in [5, 5.41) is 11.3. The summed E-state index contributed by atoms with van der Waals surface area (Å²) in [6.45, 7) is 14.0.